The molecule has 3 heterocycles. The number of aromatic nitrogens is 2. The van der Waals surface area contributed by atoms with Gasteiger partial charge < -0.3 is 14.5 Å². The number of benzene rings is 2. The summed E-state index contributed by atoms with van der Waals surface area (Å²) < 4.78 is 13.4. The molecule has 0 amide bonds. The molecule has 1 saturated heterocycles. The smallest absolute Gasteiger partial charge is 0.398 e. The number of fused-ring (bicyclic) bond motifs is 5. The summed E-state index contributed by atoms with van der Waals surface area (Å²) in [7, 11) is 2.06. The lowest BCUT2D eigenvalue weighted by Gasteiger charge is -2.36. The second-order valence-corrected chi connectivity index (χ2v) is 7.79. The Labute approximate surface area is 166 Å². The van der Waals surface area contributed by atoms with Gasteiger partial charge in [-0.15, -0.1) is 0 Å². The number of rotatable bonds is 2. The summed E-state index contributed by atoms with van der Waals surface area (Å²) in [5, 5.41) is 2.09. The maximum absolute atomic E-state index is 13.3. The van der Waals surface area contributed by atoms with Gasteiger partial charge in [-0.2, -0.15) is 0 Å². The maximum Gasteiger partial charge on any atom is 0.423 e. The van der Waals surface area contributed by atoms with Crippen LogP contribution >= 0.6 is 0 Å². The zero-order valence-corrected chi connectivity index (χ0v) is 16.2. The van der Waals surface area contributed by atoms with E-state index in [0.717, 1.165) is 23.9 Å². The number of hydrogen-bond donors (Lipinski definition) is 1. The summed E-state index contributed by atoms with van der Waals surface area (Å²) in [6, 6.07) is 14.9. The molecule has 2 aromatic heterocycles. The number of carbonyl (C=O) groups excluding carboxylic acids is 1. The van der Waals surface area contributed by atoms with Crippen molar-refractivity contribution in [1.82, 2.24) is 9.55 Å². The van der Waals surface area contributed by atoms with E-state index < -0.39 is 6.09 Å². The predicted octanol–water partition coefficient (Wildman–Crippen LogP) is 3.06. The molecule has 0 atom stereocenters. The molecule has 0 unspecified atom stereocenters. The fraction of sp³-hybridized carbons (Fsp3) is 0.273. The first-order valence-electron chi connectivity index (χ1n) is 9.70. The summed E-state index contributed by atoms with van der Waals surface area (Å²) >= 11 is 0. The van der Waals surface area contributed by atoms with Crippen molar-refractivity contribution in [3.63, 3.8) is 0 Å². The number of para-hydroxylation sites is 1. The van der Waals surface area contributed by atoms with Crippen molar-refractivity contribution in [3.05, 3.63) is 58.9 Å². The minimum Gasteiger partial charge on any atom is -0.398 e. The molecule has 148 valence electrons. The molecule has 1 N–H and O–H groups in total. The van der Waals surface area contributed by atoms with E-state index >= 15 is 0 Å². The van der Waals surface area contributed by atoms with Crippen molar-refractivity contribution in [2.75, 3.05) is 40.1 Å². The lowest BCUT2D eigenvalue weighted by Crippen LogP contribution is -2.53. The lowest BCUT2D eigenvalue weighted by molar-refractivity contribution is -0.932. The number of pyridine rings is 1. The molecule has 7 heteroatoms. The molecule has 5 rings (SSSR count). The van der Waals surface area contributed by atoms with Crippen molar-refractivity contribution in [1.29, 1.82) is 0 Å². The molecule has 1 aliphatic heterocycles. The van der Waals surface area contributed by atoms with E-state index in [1.54, 1.807) is 10.6 Å². The summed E-state index contributed by atoms with van der Waals surface area (Å²) in [5.74, 6) is 0. The lowest BCUT2D eigenvalue weighted by atomic mass is 10.1. The summed E-state index contributed by atoms with van der Waals surface area (Å²) in [4.78, 5) is 28.8. The van der Waals surface area contributed by atoms with Crippen LogP contribution in [0.2, 0.25) is 0 Å². The fourth-order valence-electron chi connectivity index (χ4n) is 4.07. The molecule has 1 aliphatic rings. The minimum absolute atomic E-state index is 0.171. The van der Waals surface area contributed by atoms with Crippen molar-refractivity contribution >= 4 is 38.8 Å². The van der Waals surface area contributed by atoms with Crippen LogP contribution in [0, 0.1) is 0 Å². The third-order valence-electron chi connectivity index (χ3n) is 5.77. The number of aromatic amines is 1. The van der Waals surface area contributed by atoms with Gasteiger partial charge >= 0.3 is 6.09 Å². The van der Waals surface area contributed by atoms with E-state index in [1.807, 2.05) is 42.5 Å². The standard InChI is InChI=1S/C22H21N3O4/c1-25(10-12-28-13-11-25)14-29-22(27)24-18-9-5-4-8-17(18)19-20(24)15-6-2-3-7-16(15)21(26)23-19/h2-9H,10-14H2,1H3/p+1. The van der Waals surface area contributed by atoms with Crippen molar-refractivity contribution in [2.45, 2.75) is 0 Å². The normalized spacial score (nSPS) is 16.4. The molecule has 0 radical (unpaired) electrons. The minimum atomic E-state index is -0.445. The van der Waals surface area contributed by atoms with E-state index in [0.29, 0.717) is 39.6 Å². The molecule has 0 bridgehead atoms. The average Bonchev–Trinajstić information content (AvgIpc) is 3.07. The number of carbonyl (C=O) groups is 1. The highest BCUT2D eigenvalue weighted by molar-refractivity contribution is 6.18. The zero-order chi connectivity index (χ0) is 20.0. The third-order valence-corrected chi connectivity index (χ3v) is 5.77. The topological polar surface area (TPSA) is 73.3 Å². The highest BCUT2D eigenvalue weighted by atomic mass is 16.6. The summed E-state index contributed by atoms with van der Waals surface area (Å²) in [6.07, 6.45) is -0.445. The molecule has 1 fully saturated rings. The summed E-state index contributed by atoms with van der Waals surface area (Å²) in [5.41, 5.74) is 1.85. The fourth-order valence-corrected chi connectivity index (χ4v) is 4.07. The van der Waals surface area contributed by atoms with Gasteiger partial charge in [-0.1, -0.05) is 36.4 Å². The van der Waals surface area contributed by atoms with Crippen LogP contribution in [0.1, 0.15) is 0 Å². The zero-order valence-electron chi connectivity index (χ0n) is 16.2. The van der Waals surface area contributed by atoms with Crippen molar-refractivity contribution < 1.29 is 18.8 Å². The van der Waals surface area contributed by atoms with Crippen LogP contribution in [-0.4, -0.2) is 60.2 Å². The quantitative estimate of drug-likeness (QED) is 0.532. The van der Waals surface area contributed by atoms with Crippen LogP contribution in [0.5, 0.6) is 0 Å². The predicted molar refractivity (Wildman–Crippen MR) is 111 cm³/mol. The Morgan fingerprint density at radius 1 is 1.07 bits per heavy atom. The Bertz CT molecular complexity index is 1300. The largest absolute Gasteiger partial charge is 0.423 e. The number of morpholine rings is 1. The molecule has 0 aliphatic carbocycles. The van der Waals surface area contributed by atoms with Crippen LogP contribution in [0.25, 0.3) is 32.7 Å². The molecule has 29 heavy (non-hydrogen) atoms. The monoisotopic (exact) mass is 392 g/mol. The highest BCUT2D eigenvalue weighted by Gasteiger charge is 2.28. The molecule has 7 nitrogen and oxygen atoms in total. The first kappa shape index (κ1) is 17.9. The number of likely N-dealkylation sites (N-methyl/N-ethyl adjacent to an activating group) is 1. The Hall–Kier alpha value is -3.16. The number of quaternary nitrogens is 1. The van der Waals surface area contributed by atoms with Gasteiger partial charge in [0.1, 0.15) is 13.1 Å². The summed E-state index contributed by atoms with van der Waals surface area (Å²) in [6.45, 7) is 3.20. The first-order valence-corrected chi connectivity index (χ1v) is 9.70. The Morgan fingerprint density at radius 3 is 2.48 bits per heavy atom. The number of H-pyrrole nitrogens is 1. The van der Waals surface area contributed by atoms with Crippen molar-refractivity contribution in [2.24, 2.45) is 0 Å². The van der Waals surface area contributed by atoms with E-state index in [-0.39, 0.29) is 12.3 Å². The SMILES string of the molecule is C[N+]1(COC(=O)n2c3ccccc3c3[nH]c(=O)c4ccccc4c32)CCOCC1. The van der Waals surface area contributed by atoms with Gasteiger partial charge in [-0.05, 0) is 12.1 Å². The van der Waals surface area contributed by atoms with Gasteiger partial charge in [-0.25, -0.2) is 9.36 Å². The van der Waals surface area contributed by atoms with Crippen LogP contribution < -0.4 is 5.56 Å². The second-order valence-electron chi connectivity index (χ2n) is 7.79. The third kappa shape index (κ3) is 2.90. The molecule has 0 spiro atoms. The maximum atomic E-state index is 13.3. The van der Waals surface area contributed by atoms with Gasteiger partial charge in [0, 0.05) is 16.2 Å². The van der Waals surface area contributed by atoms with E-state index in [1.165, 1.54) is 0 Å². The molecule has 0 saturated carbocycles. The van der Waals surface area contributed by atoms with Crippen LogP contribution in [0.15, 0.2) is 53.3 Å². The number of hydrogen-bond acceptors (Lipinski definition) is 4. The van der Waals surface area contributed by atoms with E-state index in [9.17, 15) is 9.59 Å². The molecular weight excluding hydrogens is 370 g/mol. The van der Waals surface area contributed by atoms with Gasteiger partial charge in [0.05, 0.1) is 36.8 Å². The van der Waals surface area contributed by atoms with Crippen LogP contribution in [0.3, 0.4) is 0 Å². The Morgan fingerprint density at radius 2 is 1.72 bits per heavy atom. The van der Waals surface area contributed by atoms with Crippen LogP contribution in [-0.2, 0) is 9.47 Å². The molecule has 4 aromatic rings. The first-order chi connectivity index (χ1) is 14.1. The second kappa shape index (κ2) is 6.72. The number of nitrogens with zero attached hydrogens (tertiary/aromatic N) is 2. The molecular formula is C22H22N3O4+. The molecule has 2 aromatic carbocycles. The van der Waals surface area contributed by atoms with E-state index in [2.05, 4.69) is 12.0 Å². The number of nitrogens with one attached hydrogen (secondary N) is 1. The average molecular weight is 392 g/mol. The number of ether oxygens (including phenoxy) is 2. The van der Waals surface area contributed by atoms with Gasteiger partial charge in [-0.3, -0.25) is 9.28 Å². The van der Waals surface area contributed by atoms with E-state index in [4.69, 9.17) is 9.47 Å². The van der Waals surface area contributed by atoms with Gasteiger partial charge in [0.2, 0.25) is 6.73 Å². The Balaban J connectivity index is 1.68. The van der Waals surface area contributed by atoms with Gasteiger partial charge in [0.15, 0.2) is 0 Å². The Kier molecular flexibility index (Phi) is 4.15. The van der Waals surface area contributed by atoms with Crippen molar-refractivity contribution in [3.8, 4) is 0 Å². The highest BCUT2D eigenvalue weighted by Crippen LogP contribution is 2.31. The van der Waals surface area contributed by atoms with Crippen LogP contribution in [0.4, 0.5) is 4.79 Å². The van der Waals surface area contributed by atoms with Gasteiger partial charge in [0.25, 0.3) is 5.56 Å².